The number of halogens is 1. The monoisotopic (exact) mass is 453 g/mol. The van der Waals surface area contributed by atoms with E-state index in [1.54, 1.807) is 30.2 Å². The molecular weight excluding hydrogens is 425 g/mol. The van der Waals surface area contributed by atoms with Crippen molar-refractivity contribution in [1.82, 2.24) is 4.90 Å². The maximum atomic E-state index is 13.3. The maximum Gasteiger partial charge on any atom is 0.224 e. The van der Waals surface area contributed by atoms with E-state index < -0.39 is 11.3 Å². The lowest BCUT2D eigenvalue weighted by molar-refractivity contribution is -0.155. The second-order valence-electron chi connectivity index (χ2n) is 9.13. The number of hydrogen-bond donors (Lipinski definition) is 0. The molecule has 4 rings (SSSR count). The van der Waals surface area contributed by atoms with Crippen molar-refractivity contribution in [2.75, 3.05) is 33.9 Å². The lowest BCUT2D eigenvalue weighted by atomic mass is 9.63. The molecule has 2 aromatic carbocycles. The largest absolute Gasteiger partial charge is 0.496 e. The Morgan fingerprint density at radius 3 is 2.27 bits per heavy atom. The van der Waals surface area contributed by atoms with Crippen LogP contribution in [0.25, 0.3) is 11.1 Å². The molecule has 1 heterocycles. The third-order valence-corrected chi connectivity index (χ3v) is 6.70. The van der Waals surface area contributed by atoms with Gasteiger partial charge in [0.05, 0.1) is 20.1 Å². The summed E-state index contributed by atoms with van der Waals surface area (Å²) in [7, 11) is 3.06. The third-order valence-electron chi connectivity index (χ3n) is 6.70. The fourth-order valence-corrected chi connectivity index (χ4v) is 5.13. The van der Waals surface area contributed by atoms with E-state index in [0.29, 0.717) is 37.4 Å². The SMILES string of the molecule is COCCC(=O)N1CC2(CC(=O)C(c3c(C)cc(-c4ccc(F)cc4)cc3OC)C(=O)C2)C1. The van der Waals surface area contributed by atoms with Crippen LogP contribution in [0.2, 0.25) is 0 Å². The molecule has 1 saturated carbocycles. The van der Waals surface area contributed by atoms with Crippen LogP contribution in [0.3, 0.4) is 0 Å². The van der Waals surface area contributed by atoms with E-state index in [1.807, 2.05) is 13.0 Å². The average Bonchev–Trinajstić information content (AvgIpc) is 2.76. The van der Waals surface area contributed by atoms with Crippen LogP contribution in [0, 0.1) is 18.2 Å². The van der Waals surface area contributed by atoms with Gasteiger partial charge >= 0.3 is 0 Å². The molecule has 33 heavy (non-hydrogen) atoms. The third kappa shape index (κ3) is 4.42. The Labute approximate surface area is 192 Å². The standard InChI is InChI=1S/C26H28FNO5/c1-16-10-18(17-4-6-19(27)7-5-17)11-22(33-3)24(16)25-20(29)12-26(13-21(25)30)14-28(15-26)23(31)8-9-32-2/h4-7,10-11,25H,8-9,12-15H2,1-3H3. The zero-order valence-electron chi connectivity index (χ0n) is 19.2. The smallest absolute Gasteiger partial charge is 0.224 e. The van der Waals surface area contributed by atoms with Crippen LogP contribution in [-0.4, -0.2) is 56.3 Å². The average molecular weight is 454 g/mol. The van der Waals surface area contributed by atoms with Gasteiger partial charge in [0.2, 0.25) is 5.91 Å². The zero-order valence-corrected chi connectivity index (χ0v) is 19.2. The summed E-state index contributed by atoms with van der Waals surface area (Å²) in [6, 6.07) is 9.83. The predicted octanol–water partition coefficient (Wildman–Crippen LogP) is 3.69. The highest BCUT2D eigenvalue weighted by Crippen LogP contribution is 2.47. The van der Waals surface area contributed by atoms with Gasteiger partial charge in [0.25, 0.3) is 0 Å². The van der Waals surface area contributed by atoms with Gasteiger partial charge in [0.1, 0.15) is 29.1 Å². The summed E-state index contributed by atoms with van der Waals surface area (Å²) in [6.07, 6.45) is 0.827. The van der Waals surface area contributed by atoms with Gasteiger partial charge in [0, 0.05) is 44.0 Å². The first kappa shape index (κ1) is 23.1. The van der Waals surface area contributed by atoms with Gasteiger partial charge in [-0.15, -0.1) is 0 Å². The van der Waals surface area contributed by atoms with Gasteiger partial charge in [-0.3, -0.25) is 14.4 Å². The molecule has 1 spiro atoms. The fourth-order valence-electron chi connectivity index (χ4n) is 5.13. The number of aryl methyl sites for hydroxylation is 1. The second-order valence-corrected chi connectivity index (χ2v) is 9.13. The first-order valence-electron chi connectivity index (χ1n) is 11.0. The van der Waals surface area contributed by atoms with Crippen molar-refractivity contribution in [3.05, 3.63) is 53.3 Å². The van der Waals surface area contributed by atoms with E-state index in [2.05, 4.69) is 0 Å². The number of nitrogens with zero attached hydrogens (tertiary/aromatic N) is 1. The van der Waals surface area contributed by atoms with Crippen molar-refractivity contribution in [1.29, 1.82) is 0 Å². The summed E-state index contributed by atoms with van der Waals surface area (Å²) >= 11 is 0. The summed E-state index contributed by atoms with van der Waals surface area (Å²) in [5, 5.41) is 0. The molecule has 6 nitrogen and oxygen atoms in total. The molecule has 2 aliphatic rings. The Bertz CT molecular complexity index is 1070. The number of amides is 1. The summed E-state index contributed by atoms with van der Waals surface area (Å²) in [6.45, 7) is 3.07. The summed E-state index contributed by atoms with van der Waals surface area (Å²) < 4.78 is 23.9. The van der Waals surface area contributed by atoms with Crippen molar-refractivity contribution in [2.45, 2.75) is 32.1 Å². The number of Topliss-reactive ketones (excluding diaryl/α,β-unsaturated/α-hetero) is 2. The number of ether oxygens (including phenoxy) is 2. The van der Waals surface area contributed by atoms with Crippen LogP contribution in [0.15, 0.2) is 36.4 Å². The molecule has 1 amide bonds. The Morgan fingerprint density at radius 2 is 1.70 bits per heavy atom. The Kier molecular flexibility index (Phi) is 6.34. The molecule has 2 fully saturated rings. The van der Waals surface area contributed by atoms with E-state index in [1.165, 1.54) is 19.2 Å². The molecule has 0 radical (unpaired) electrons. The molecule has 0 unspecified atom stereocenters. The minimum atomic E-state index is -0.869. The highest BCUT2D eigenvalue weighted by Gasteiger charge is 2.53. The topological polar surface area (TPSA) is 72.9 Å². The quantitative estimate of drug-likeness (QED) is 0.624. The molecular formula is C26H28FNO5. The van der Waals surface area contributed by atoms with Crippen LogP contribution in [0.5, 0.6) is 5.75 Å². The molecule has 174 valence electrons. The van der Waals surface area contributed by atoms with Crippen molar-refractivity contribution in [2.24, 2.45) is 5.41 Å². The number of likely N-dealkylation sites (tertiary alicyclic amines) is 1. The minimum Gasteiger partial charge on any atom is -0.496 e. The number of ketones is 2. The number of rotatable bonds is 6. The van der Waals surface area contributed by atoms with E-state index in [4.69, 9.17) is 9.47 Å². The van der Waals surface area contributed by atoms with E-state index in [9.17, 15) is 18.8 Å². The van der Waals surface area contributed by atoms with Crippen LogP contribution in [0.1, 0.15) is 36.3 Å². The zero-order chi connectivity index (χ0) is 23.8. The highest BCUT2D eigenvalue weighted by atomic mass is 19.1. The van der Waals surface area contributed by atoms with Crippen molar-refractivity contribution < 1.29 is 28.2 Å². The van der Waals surface area contributed by atoms with Crippen molar-refractivity contribution in [3.8, 4) is 16.9 Å². The lowest BCUT2D eigenvalue weighted by Gasteiger charge is -2.52. The number of methoxy groups -OCH3 is 2. The first-order valence-corrected chi connectivity index (χ1v) is 11.0. The van der Waals surface area contributed by atoms with Crippen LogP contribution in [0.4, 0.5) is 4.39 Å². The molecule has 0 N–H and O–H groups in total. The number of hydrogen-bond acceptors (Lipinski definition) is 5. The van der Waals surface area contributed by atoms with E-state index >= 15 is 0 Å². The van der Waals surface area contributed by atoms with Gasteiger partial charge in [-0.25, -0.2) is 4.39 Å². The first-order chi connectivity index (χ1) is 15.8. The summed E-state index contributed by atoms with van der Waals surface area (Å²) in [5.74, 6) is -0.995. The van der Waals surface area contributed by atoms with Crippen LogP contribution < -0.4 is 4.74 Å². The number of carbonyl (C=O) groups is 3. The second kappa shape index (κ2) is 9.06. The fraction of sp³-hybridized carbons (Fsp3) is 0.423. The molecule has 2 aromatic rings. The Morgan fingerprint density at radius 1 is 1.06 bits per heavy atom. The van der Waals surface area contributed by atoms with Crippen LogP contribution in [-0.2, 0) is 19.1 Å². The lowest BCUT2D eigenvalue weighted by Crippen LogP contribution is -2.62. The van der Waals surface area contributed by atoms with Crippen molar-refractivity contribution in [3.63, 3.8) is 0 Å². The van der Waals surface area contributed by atoms with E-state index in [-0.39, 0.29) is 36.1 Å². The molecule has 7 heteroatoms. The Hall–Kier alpha value is -3.06. The van der Waals surface area contributed by atoms with Gasteiger partial charge in [-0.2, -0.15) is 0 Å². The highest BCUT2D eigenvalue weighted by molar-refractivity contribution is 6.11. The maximum absolute atomic E-state index is 13.3. The van der Waals surface area contributed by atoms with Gasteiger partial charge in [0.15, 0.2) is 0 Å². The summed E-state index contributed by atoms with van der Waals surface area (Å²) in [5.41, 5.74) is 2.56. The molecule has 0 aromatic heterocycles. The minimum absolute atomic E-state index is 0.0154. The predicted molar refractivity (Wildman–Crippen MR) is 121 cm³/mol. The summed E-state index contributed by atoms with van der Waals surface area (Å²) in [4.78, 5) is 40.4. The molecule has 1 saturated heterocycles. The molecule has 0 atom stereocenters. The van der Waals surface area contributed by atoms with Crippen molar-refractivity contribution >= 4 is 17.5 Å². The van der Waals surface area contributed by atoms with Gasteiger partial charge in [-0.1, -0.05) is 18.2 Å². The number of benzene rings is 2. The molecule has 0 bridgehead atoms. The van der Waals surface area contributed by atoms with Gasteiger partial charge in [-0.05, 0) is 41.8 Å². The van der Waals surface area contributed by atoms with Crippen LogP contribution >= 0.6 is 0 Å². The molecule has 1 aliphatic carbocycles. The van der Waals surface area contributed by atoms with E-state index in [0.717, 1.165) is 16.7 Å². The molecule has 1 aliphatic heterocycles. The Balaban J connectivity index is 1.55. The number of carbonyl (C=O) groups excluding carboxylic acids is 3. The van der Waals surface area contributed by atoms with Gasteiger partial charge < -0.3 is 14.4 Å². The normalized spacial score (nSPS) is 17.9.